The van der Waals surface area contributed by atoms with Gasteiger partial charge in [0.05, 0.1) is 0 Å². The molecule has 0 aliphatic carbocycles. The van der Waals surface area contributed by atoms with Crippen molar-refractivity contribution in [2.75, 3.05) is 19.3 Å². The van der Waals surface area contributed by atoms with Crippen LogP contribution in [0, 0.1) is 6.92 Å². The normalized spacial score (nSPS) is 9.88. The zero-order valence-corrected chi connectivity index (χ0v) is 9.23. The van der Waals surface area contributed by atoms with E-state index in [0.29, 0.717) is 11.3 Å². The number of benzene rings is 1. The van der Waals surface area contributed by atoms with Gasteiger partial charge in [-0.1, -0.05) is 6.07 Å². The summed E-state index contributed by atoms with van der Waals surface area (Å²) >= 11 is 0. The molecule has 0 bridgehead atoms. The molecule has 1 aromatic carbocycles. The lowest BCUT2D eigenvalue weighted by molar-refractivity contribution is -0.137. The minimum absolute atomic E-state index is 0.327. The Balaban J connectivity index is 2.88. The summed E-state index contributed by atoms with van der Waals surface area (Å²) in [6, 6.07) is 4.92. The lowest BCUT2D eigenvalue weighted by Crippen LogP contribution is -2.31. The summed E-state index contributed by atoms with van der Waals surface area (Å²) in [4.78, 5) is 23.3. The second-order valence-electron chi connectivity index (χ2n) is 3.63. The summed E-state index contributed by atoms with van der Waals surface area (Å²) < 4.78 is 0. The average Bonchev–Trinajstić information content (AvgIpc) is 2.20. The fourth-order valence-electron chi connectivity index (χ4n) is 1.27. The number of rotatable bonds is 3. The third-order valence-corrected chi connectivity index (χ3v) is 2.25. The van der Waals surface area contributed by atoms with Crippen molar-refractivity contribution >= 4 is 17.6 Å². The Hall–Kier alpha value is -2.04. The monoisotopic (exact) mass is 222 g/mol. The van der Waals surface area contributed by atoms with E-state index in [0.717, 1.165) is 10.5 Å². The molecule has 0 unspecified atom stereocenters. The Morgan fingerprint density at radius 2 is 2.06 bits per heavy atom. The first-order valence-electron chi connectivity index (χ1n) is 4.75. The molecule has 5 heteroatoms. The molecule has 0 fully saturated rings. The highest BCUT2D eigenvalue weighted by molar-refractivity contribution is 5.96. The van der Waals surface area contributed by atoms with E-state index in [2.05, 4.69) is 0 Å². The van der Waals surface area contributed by atoms with Crippen LogP contribution in [0.3, 0.4) is 0 Å². The van der Waals surface area contributed by atoms with Crippen molar-refractivity contribution in [3.05, 3.63) is 29.3 Å². The molecule has 16 heavy (non-hydrogen) atoms. The molecule has 3 N–H and O–H groups in total. The fourth-order valence-corrected chi connectivity index (χ4v) is 1.27. The number of carbonyl (C=O) groups is 2. The Kier molecular flexibility index (Phi) is 3.50. The molecule has 0 aliphatic heterocycles. The van der Waals surface area contributed by atoms with Gasteiger partial charge in [-0.25, -0.2) is 0 Å². The summed E-state index contributed by atoms with van der Waals surface area (Å²) in [7, 11) is 1.44. The van der Waals surface area contributed by atoms with Gasteiger partial charge in [-0.3, -0.25) is 9.59 Å². The number of anilines is 1. The number of aryl methyl sites for hydroxylation is 1. The highest BCUT2D eigenvalue weighted by atomic mass is 16.4. The van der Waals surface area contributed by atoms with Gasteiger partial charge in [0, 0.05) is 18.3 Å². The topological polar surface area (TPSA) is 83.6 Å². The van der Waals surface area contributed by atoms with E-state index in [-0.39, 0.29) is 12.5 Å². The van der Waals surface area contributed by atoms with Crippen LogP contribution in [0.2, 0.25) is 0 Å². The van der Waals surface area contributed by atoms with E-state index in [1.807, 2.05) is 6.92 Å². The van der Waals surface area contributed by atoms with E-state index in [9.17, 15) is 9.59 Å². The maximum atomic E-state index is 11.8. The number of nitrogens with zero attached hydrogens (tertiary/aromatic N) is 1. The smallest absolute Gasteiger partial charge is 0.323 e. The van der Waals surface area contributed by atoms with Crippen molar-refractivity contribution in [1.82, 2.24) is 4.90 Å². The summed E-state index contributed by atoms with van der Waals surface area (Å²) in [5.41, 5.74) is 7.48. The predicted molar refractivity (Wildman–Crippen MR) is 60.2 cm³/mol. The van der Waals surface area contributed by atoms with E-state index >= 15 is 0 Å². The molecule has 0 radical (unpaired) electrons. The average molecular weight is 222 g/mol. The summed E-state index contributed by atoms with van der Waals surface area (Å²) in [6.45, 7) is 1.51. The maximum absolute atomic E-state index is 11.8. The summed E-state index contributed by atoms with van der Waals surface area (Å²) in [5.74, 6) is -1.40. The van der Waals surface area contributed by atoms with Gasteiger partial charge in [-0.2, -0.15) is 0 Å². The number of hydrogen-bond acceptors (Lipinski definition) is 3. The number of carboxylic acids is 1. The van der Waals surface area contributed by atoms with Gasteiger partial charge in [0.2, 0.25) is 0 Å². The molecule has 0 saturated heterocycles. The van der Waals surface area contributed by atoms with Crippen LogP contribution in [0.4, 0.5) is 5.69 Å². The van der Waals surface area contributed by atoms with Crippen LogP contribution < -0.4 is 5.73 Å². The number of amides is 1. The van der Waals surface area contributed by atoms with Crippen molar-refractivity contribution in [3.8, 4) is 0 Å². The standard InChI is InChI=1S/C11H14N2O3/c1-7-3-4-8(5-9(7)12)11(16)13(2)6-10(14)15/h3-5H,6,12H2,1-2H3,(H,14,15). The second-order valence-corrected chi connectivity index (χ2v) is 3.63. The van der Waals surface area contributed by atoms with Crippen molar-refractivity contribution in [2.45, 2.75) is 6.92 Å². The van der Waals surface area contributed by atoms with Crippen molar-refractivity contribution < 1.29 is 14.7 Å². The molecule has 0 aliphatic rings. The number of hydrogen-bond donors (Lipinski definition) is 2. The molecule has 1 rings (SSSR count). The van der Waals surface area contributed by atoms with Crippen LogP contribution in [0.15, 0.2) is 18.2 Å². The Morgan fingerprint density at radius 1 is 1.44 bits per heavy atom. The Morgan fingerprint density at radius 3 is 2.56 bits per heavy atom. The van der Waals surface area contributed by atoms with E-state index < -0.39 is 5.97 Å². The first-order valence-corrected chi connectivity index (χ1v) is 4.75. The number of likely N-dealkylation sites (N-methyl/N-ethyl adjacent to an activating group) is 1. The van der Waals surface area contributed by atoms with Gasteiger partial charge in [0.25, 0.3) is 5.91 Å². The molecule has 1 aromatic rings. The summed E-state index contributed by atoms with van der Waals surface area (Å²) in [6.07, 6.45) is 0. The molecular formula is C11H14N2O3. The van der Waals surface area contributed by atoms with Gasteiger partial charge in [-0.05, 0) is 24.6 Å². The van der Waals surface area contributed by atoms with E-state index in [1.54, 1.807) is 18.2 Å². The molecule has 86 valence electrons. The lowest BCUT2D eigenvalue weighted by Gasteiger charge is -2.15. The van der Waals surface area contributed by atoms with Crippen LogP contribution in [0.5, 0.6) is 0 Å². The predicted octanol–water partition coefficient (Wildman–Crippen LogP) is 0.734. The van der Waals surface area contributed by atoms with Gasteiger partial charge in [0.15, 0.2) is 0 Å². The van der Waals surface area contributed by atoms with Gasteiger partial charge in [0.1, 0.15) is 6.54 Å². The van der Waals surface area contributed by atoms with Gasteiger partial charge >= 0.3 is 5.97 Å². The molecule has 1 amide bonds. The molecule has 0 atom stereocenters. The van der Waals surface area contributed by atoms with Gasteiger partial charge < -0.3 is 15.7 Å². The first-order chi connectivity index (χ1) is 7.41. The maximum Gasteiger partial charge on any atom is 0.323 e. The van der Waals surface area contributed by atoms with Gasteiger partial charge in [-0.15, -0.1) is 0 Å². The highest BCUT2D eigenvalue weighted by Gasteiger charge is 2.14. The minimum atomic E-state index is -1.05. The van der Waals surface area contributed by atoms with Crippen LogP contribution in [-0.4, -0.2) is 35.5 Å². The number of carbonyl (C=O) groups excluding carboxylic acids is 1. The molecule has 0 saturated carbocycles. The SMILES string of the molecule is Cc1ccc(C(=O)N(C)CC(=O)O)cc1N. The zero-order chi connectivity index (χ0) is 12.3. The van der Waals surface area contributed by atoms with Crippen LogP contribution >= 0.6 is 0 Å². The summed E-state index contributed by atoms with van der Waals surface area (Å²) in [5, 5.41) is 8.56. The minimum Gasteiger partial charge on any atom is -0.480 e. The second kappa shape index (κ2) is 4.65. The van der Waals surface area contributed by atoms with E-state index in [1.165, 1.54) is 7.05 Å². The van der Waals surface area contributed by atoms with Crippen molar-refractivity contribution in [1.29, 1.82) is 0 Å². The van der Waals surface area contributed by atoms with Crippen molar-refractivity contribution in [2.24, 2.45) is 0 Å². The number of nitrogens with two attached hydrogens (primary N) is 1. The number of nitrogen functional groups attached to an aromatic ring is 1. The quantitative estimate of drug-likeness (QED) is 0.738. The fraction of sp³-hybridized carbons (Fsp3) is 0.273. The number of carboxylic acid groups (broad SMARTS) is 1. The Bertz CT molecular complexity index is 429. The largest absolute Gasteiger partial charge is 0.480 e. The molecule has 0 heterocycles. The van der Waals surface area contributed by atoms with Crippen LogP contribution in [-0.2, 0) is 4.79 Å². The first kappa shape index (κ1) is 12.0. The van der Waals surface area contributed by atoms with Crippen LogP contribution in [0.25, 0.3) is 0 Å². The zero-order valence-electron chi connectivity index (χ0n) is 9.23. The molecule has 0 spiro atoms. The Labute approximate surface area is 93.5 Å². The number of aliphatic carboxylic acids is 1. The highest BCUT2D eigenvalue weighted by Crippen LogP contribution is 2.14. The third-order valence-electron chi connectivity index (χ3n) is 2.25. The van der Waals surface area contributed by atoms with Crippen molar-refractivity contribution in [3.63, 3.8) is 0 Å². The molecule has 5 nitrogen and oxygen atoms in total. The third kappa shape index (κ3) is 2.73. The molecule has 0 aromatic heterocycles. The van der Waals surface area contributed by atoms with Crippen LogP contribution in [0.1, 0.15) is 15.9 Å². The van der Waals surface area contributed by atoms with E-state index in [4.69, 9.17) is 10.8 Å². The molecular weight excluding hydrogens is 208 g/mol. The lowest BCUT2D eigenvalue weighted by atomic mass is 10.1.